The molecule has 2 heterocycles. The number of urea groups is 1. The number of hydrogen-bond acceptors (Lipinski definition) is 4. The molecule has 9 heteroatoms. The quantitative estimate of drug-likeness (QED) is 0.766. The van der Waals surface area contributed by atoms with E-state index in [1.54, 1.807) is 11.3 Å². The lowest BCUT2D eigenvalue weighted by Gasteiger charge is -2.31. The molecule has 1 fully saturated rings. The number of nitrogens with zero attached hydrogens (tertiary/aromatic N) is 1. The van der Waals surface area contributed by atoms with Gasteiger partial charge in [-0.05, 0) is 48.9 Å². The van der Waals surface area contributed by atoms with Gasteiger partial charge in [0.15, 0.2) is 0 Å². The molecule has 0 radical (unpaired) electrons. The zero-order valence-corrected chi connectivity index (χ0v) is 15.6. The van der Waals surface area contributed by atoms with Crippen molar-refractivity contribution in [2.75, 3.05) is 11.9 Å². The van der Waals surface area contributed by atoms with Crippen molar-refractivity contribution in [1.29, 1.82) is 0 Å². The molecule has 4 amide bonds. The topological polar surface area (TPSA) is 78.5 Å². The molecule has 0 unspecified atom stereocenters. The Bertz CT molecular complexity index is 963. The number of anilines is 1. The van der Waals surface area contributed by atoms with Crippen LogP contribution in [0.5, 0.6) is 0 Å². The molecule has 1 atom stereocenters. The number of imide groups is 1. The maximum Gasteiger partial charge on any atom is 0.325 e. The Balaban J connectivity index is 1.52. The molecule has 1 spiro atoms. The largest absolute Gasteiger partial charge is 0.325 e. The highest BCUT2D eigenvalue weighted by Gasteiger charge is 2.54. The minimum absolute atomic E-state index is 0.131. The van der Waals surface area contributed by atoms with Gasteiger partial charge in [0, 0.05) is 16.1 Å². The first-order valence-electron chi connectivity index (χ1n) is 8.36. The first-order chi connectivity index (χ1) is 12.9. The van der Waals surface area contributed by atoms with Crippen LogP contribution in [0.1, 0.15) is 23.3 Å². The van der Waals surface area contributed by atoms with Crippen molar-refractivity contribution >= 4 is 46.5 Å². The van der Waals surface area contributed by atoms with Crippen molar-refractivity contribution in [2.45, 2.75) is 24.8 Å². The highest BCUT2D eigenvalue weighted by Crippen LogP contribution is 2.42. The van der Waals surface area contributed by atoms with E-state index in [4.69, 9.17) is 11.6 Å². The molecular weight excluding hydrogens is 393 g/mol. The fourth-order valence-corrected chi connectivity index (χ4v) is 4.78. The number of carbonyl (C=O) groups is 3. The van der Waals surface area contributed by atoms with Gasteiger partial charge >= 0.3 is 6.03 Å². The Morgan fingerprint density at radius 3 is 2.96 bits per heavy atom. The average molecular weight is 408 g/mol. The summed E-state index contributed by atoms with van der Waals surface area (Å²) in [5.74, 6) is -1.59. The minimum atomic E-state index is -1.08. The second-order valence-corrected chi connectivity index (χ2v) is 7.92. The van der Waals surface area contributed by atoms with Crippen LogP contribution in [0.25, 0.3) is 0 Å². The molecule has 4 rings (SSSR count). The smallest absolute Gasteiger partial charge is 0.324 e. The molecule has 0 saturated carbocycles. The fourth-order valence-electron chi connectivity index (χ4n) is 3.60. The summed E-state index contributed by atoms with van der Waals surface area (Å²) in [5.41, 5.74) is 0.0284. The molecule has 27 heavy (non-hydrogen) atoms. The maximum absolute atomic E-state index is 13.2. The molecule has 1 saturated heterocycles. The van der Waals surface area contributed by atoms with Gasteiger partial charge in [-0.2, -0.15) is 0 Å². The van der Waals surface area contributed by atoms with Gasteiger partial charge in [0.1, 0.15) is 17.9 Å². The maximum atomic E-state index is 13.2. The van der Waals surface area contributed by atoms with Crippen LogP contribution in [0.2, 0.25) is 5.02 Å². The Morgan fingerprint density at radius 2 is 2.19 bits per heavy atom. The summed E-state index contributed by atoms with van der Waals surface area (Å²) in [4.78, 5) is 39.8. The Morgan fingerprint density at radius 1 is 1.37 bits per heavy atom. The predicted molar refractivity (Wildman–Crippen MR) is 99.2 cm³/mol. The predicted octanol–water partition coefficient (Wildman–Crippen LogP) is 3.26. The number of rotatable bonds is 3. The van der Waals surface area contributed by atoms with Gasteiger partial charge in [0.05, 0.1) is 5.02 Å². The van der Waals surface area contributed by atoms with Crippen molar-refractivity contribution < 1.29 is 18.8 Å². The monoisotopic (exact) mass is 407 g/mol. The number of hydrogen-bond donors (Lipinski definition) is 2. The van der Waals surface area contributed by atoms with Crippen molar-refractivity contribution in [2.24, 2.45) is 0 Å². The summed E-state index contributed by atoms with van der Waals surface area (Å²) in [5, 5.41) is 7.09. The third-order valence-electron chi connectivity index (χ3n) is 4.84. The van der Waals surface area contributed by atoms with Gasteiger partial charge in [-0.3, -0.25) is 14.5 Å². The second-order valence-electron chi connectivity index (χ2n) is 6.51. The van der Waals surface area contributed by atoms with E-state index in [2.05, 4.69) is 10.6 Å². The number of amides is 4. The molecule has 1 aliphatic heterocycles. The van der Waals surface area contributed by atoms with Crippen LogP contribution in [0, 0.1) is 5.82 Å². The van der Waals surface area contributed by atoms with E-state index in [0.29, 0.717) is 6.42 Å². The van der Waals surface area contributed by atoms with Crippen molar-refractivity contribution in [1.82, 2.24) is 10.2 Å². The van der Waals surface area contributed by atoms with Gasteiger partial charge in [0.2, 0.25) is 5.91 Å². The standard InChI is InChI=1S/C18H15ClFN3O3S/c19-12-8-10(3-4-13(12)20)21-15(24)9-23-16(25)18(22-17(23)26)6-1-2-14-11(18)5-7-27-14/h3-5,7-8H,1-2,6,9H2,(H,21,24)(H,22,26)/t18-/m0/s1. The van der Waals surface area contributed by atoms with Crippen LogP contribution < -0.4 is 10.6 Å². The zero-order valence-electron chi connectivity index (χ0n) is 14.1. The lowest BCUT2D eigenvalue weighted by molar-refractivity contribution is -0.134. The summed E-state index contributed by atoms with van der Waals surface area (Å²) in [6.07, 6.45) is 2.17. The molecule has 140 valence electrons. The second kappa shape index (κ2) is 6.61. The van der Waals surface area contributed by atoms with E-state index in [0.717, 1.165) is 34.2 Å². The van der Waals surface area contributed by atoms with Gasteiger partial charge in [-0.1, -0.05) is 11.6 Å². The Hall–Kier alpha value is -2.45. The molecule has 2 aromatic rings. The summed E-state index contributed by atoms with van der Waals surface area (Å²) in [6, 6.07) is 5.01. The van der Waals surface area contributed by atoms with Gasteiger partial charge in [0.25, 0.3) is 5.91 Å². The number of benzene rings is 1. The van der Waals surface area contributed by atoms with Crippen molar-refractivity contribution in [3.05, 3.63) is 50.9 Å². The fraction of sp³-hybridized carbons (Fsp3) is 0.278. The number of nitrogens with one attached hydrogen (secondary N) is 2. The van der Waals surface area contributed by atoms with Crippen molar-refractivity contribution in [3.8, 4) is 0 Å². The lowest BCUT2D eigenvalue weighted by Crippen LogP contribution is -2.46. The number of thiophene rings is 1. The number of aryl methyl sites for hydroxylation is 1. The molecular formula is C18H15ClFN3O3S. The first kappa shape index (κ1) is 17.9. The van der Waals surface area contributed by atoms with Crippen LogP contribution in [0.3, 0.4) is 0 Å². The number of fused-ring (bicyclic) bond motifs is 2. The first-order valence-corrected chi connectivity index (χ1v) is 9.62. The third-order valence-corrected chi connectivity index (χ3v) is 6.11. The summed E-state index contributed by atoms with van der Waals surface area (Å²) >= 11 is 7.26. The molecule has 0 bridgehead atoms. The normalized spacial score (nSPS) is 21.3. The molecule has 1 aliphatic carbocycles. The van der Waals surface area contributed by atoms with E-state index in [1.165, 1.54) is 12.1 Å². The average Bonchev–Trinajstić information content (AvgIpc) is 3.19. The molecule has 6 nitrogen and oxygen atoms in total. The van der Waals surface area contributed by atoms with Gasteiger partial charge in [-0.15, -0.1) is 11.3 Å². The van der Waals surface area contributed by atoms with Crippen LogP contribution in [-0.4, -0.2) is 29.3 Å². The lowest BCUT2D eigenvalue weighted by atomic mass is 9.80. The number of carbonyl (C=O) groups excluding carboxylic acids is 3. The SMILES string of the molecule is O=C(CN1C(=O)N[C@]2(CCCc3sccc32)C1=O)Nc1ccc(F)c(Cl)c1. The zero-order chi connectivity index (χ0) is 19.2. The van der Waals surface area contributed by atoms with Crippen molar-refractivity contribution in [3.63, 3.8) is 0 Å². The van der Waals surface area contributed by atoms with Crippen LogP contribution >= 0.6 is 22.9 Å². The summed E-state index contributed by atoms with van der Waals surface area (Å²) in [7, 11) is 0. The molecule has 1 aromatic heterocycles. The Kier molecular flexibility index (Phi) is 4.39. The van der Waals surface area contributed by atoms with E-state index < -0.39 is 35.7 Å². The Labute approximate surface area is 163 Å². The number of halogens is 2. The van der Waals surface area contributed by atoms with Gasteiger partial charge in [-0.25, -0.2) is 9.18 Å². The highest BCUT2D eigenvalue weighted by atomic mass is 35.5. The van der Waals surface area contributed by atoms with Crippen LogP contribution in [0.15, 0.2) is 29.6 Å². The van der Waals surface area contributed by atoms with E-state index >= 15 is 0 Å². The molecule has 2 aliphatic rings. The third kappa shape index (κ3) is 2.98. The van der Waals surface area contributed by atoms with Gasteiger partial charge < -0.3 is 10.6 Å². The summed E-state index contributed by atoms with van der Waals surface area (Å²) < 4.78 is 13.2. The highest BCUT2D eigenvalue weighted by molar-refractivity contribution is 7.10. The van der Waals surface area contributed by atoms with Crippen LogP contribution in [-0.2, 0) is 21.5 Å². The molecule has 2 N–H and O–H groups in total. The van der Waals surface area contributed by atoms with E-state index in [1.807, 2.05) is 11.4 Å². The van der Waals surface area contributed by atoms with Crippen LogP contribution in [0.4, 0.5) is 14.9 Å². The molecule has 1 aromatic carbocycles. The summed E-state index contributed by atoms with van der Waals surface area (Å²) in [6.45, 7) is -0.430. The minimum Gasteiger partial charge on any atom is -0.324 e. The van der Waals surface area contributed by atoms with E-state index in [-0.39, 0.29) is 10.7 Å². The van der Waals surface area contributed by atoms with E-state index in [9.17, 15) is 18.8 Å².